The lowest BCUT2D eigenvalue weighted by Crippen LogP contribution is -2.07. The minimum atomic E-state index is -0.226. The van der Waals surface area contributed by atoms with Crippen LogP contribution in [0, 0.1) is 12.7 Å². The predicted octanol–water partition coefficient (Wildman–Crippen LogP) is 6.27. The Morgan fingerprint density at radius 2 is 1.65 bits per heavy atom. The Morgan fingerprint density at radius 1 is 1.00 bits per heavy atom. The second-order valence-corrected chi connectivity index (χ2v) is 5.84. The maximum Gasteiger partial charge on any atom is 0.126 e. The first kappa shape index (κ1) is 15.4. The Hall–Kier alpha value is -0.960. The van der Waals surface area contributed by atoms with E-state index in [4.69, 9.17) is 34.8 Å². The molecule has 2 rings (SSSR count). The second kappa shape index (κ2) is 6.21. The summed E-state index contributed by atoms with van der Waals surface area (Å²) in [5.41, 5.74) is 2.11. The van der Waals surface area contributed by atoms with Gasteiger partial charge in [-0.3, -0.25) is 0 Å². The fourth-order valence-electron chi connectivity index (χ4n) is 1.83. The van der Waals surface area contributed by atoms with Crippen LogP contribution in [0.4, 0.5) is 10.1 Å². The van der Waals surface area contributed by atoms with E-state index in [-0.39, 0.29) is 11.9 Å². The third-order valence-electron chi connectivity index (χ3n) is 3.08. The second-order valence-electron chi connectivity index (χ2n) is 4.62. The number of benzene rings is 2. The summed E-state index contributed by atoms with van der Waals surface area (Å²) >= 11 is 18.0. The van der Waals surface area contributed by atoms with Crippen molar-refractivity contribution in [2.24, 2.45) is 0 Å². The van der Waals surface area contributed by atoms with Crippen molar-refractivity contribution in [3.05, 3.63) is 62.3 Å². The van der Waals surface area contributed by atoms with E-state index in [2.05, 4.69) is 5.32 Å². The molecule has 2 aromatic rings. The largest absolute Gasteiger partial charge is 0.377 e. The molecule has 0 aliphatic rings. The first-order valence-electron chi connectivity index (χ1n) is 6.05. The summed E-state index contributed by atoms with van der Waals surface area (Å²) in [5.74, 6) is -0.226. The lowest BCUT2D eigenvalue weighted by atomic mass is 10.1. The van der Waals surface area contributed by atoms with Gasteiger partial charge in [0.2, 0.25) is 0 Å². The molecule has 0 aromatic heterocycles. The fraction of sp³-hybridized carbons (Fsp3) is 0.200. The van der Waals surface area contributed by atoms with E-state index < -0.39 is 0 Å². The molecule has 0 saturated carbocycles. The van der Waals surface area contributed by atoms with Crippen LogP contribution in [0.5, 0.6) is 0 Å². The van der Waals surface area contributed by atoms with E-state index in [1.165, 1.54) is 6.07 Å². The third-order valence-corrected chi connectivity index (χ3v) is 4.11. The Morgan fingerprint density at radius 3 is 2.30 bits per heavy atom. The van der Waals surface area contributed by atoms with Crippen molar-refractivity contribution in [1.29, 1.82) is 0 Å². The smallest absolute Gasteiger partial charge is 0.126 e. The van der Waals surface area contributed by atoms with Crippen molar-refractivity contribution in [3.63, 3.8) is 0 Å². The van der Waals surface area contributed by atoms with Crippen LogP contribution in [-0.4, -0.2) is 0 Å². The maximum absolute atomic E-state index is 13.6. The number of hydrogen-bond donors (Lipinski definition) is 1. The monoisotopic (exact) mass is 331 g/mol. The molecule has 5 heteroatoms. The molecule has 0 heterocycles. The van der Waals surface area contributed by atoms with Crippen molar-refractivity contribution in [2.75, 3.05) is 5.32 Å². The van der Waals surface area contributed by atoms with Gasteiger partial charge in [-0.2, -0.15) is 0 Å². The van der Waals surface area contributed by atoms with E-state index in [1.807, 2.05) is 13.0 Å². The van der Waals surface area contributed by atoms with E-state index >= 15 is 0 Å². The van der Waals surface area contributed by atoms with Crippen LogP contribution >= 0.6 is 34.8 Å². The number of halogens is 4. The summed E-state index contributed by atoms with van der Waals surface area (Å²) in [6.45, 7) is 3.65. The van der Waals surface area contributed by atoms with Crippen molar-refractivity contribution >= 4 is 40.5 Å². The number of hydrogen-bond acceptors (Lipinski definition) is 1. The van der Waals surface area contributed by atoms with Crippen LogP contribution < -0.4 is 5.32 Å². The molecule has 1 N–H and O–H groups in total. The van der Waals surface area contributed by atoms with Gasteiger partial charge in [0.05, 0.1) is 20.8 Å². The SMILES string of the molecule is Cc1ccc(C(C)Nc2cc(Cl)c(Cl)cc2Cl)cc1F. The molecule has 0 amide bonds. The van der Waals surface area contributed by atoms with Crippen LogP contribution in [0.3, 0.4) is 0 Å². The van der Waals surface area contributed by atoms with Crippen LogP contribution in [0.25, 0.3) is 0 Å². The third kappa shape index (κ3) is 3.38. The van der Waals surface area contributed by atoms with E-state index in [0.29, 0.717) is 26.3 Å². The minimum absolute atomic E-state index is 0.111. The Balaban J connectivity index is 2.25. The summed E-state index contributed by atoms with van der Waals surface area (Å²) in [5, 5.41) is 4.49. The fourth-order valence-corrected chi connectivity index (χ4v) is 2.43. The first-order chi connectivity index (χ1) is 9.38. The highest BCUT2D eigenvalue weighted by Crippen LogP contribution is 2.34. The van der Waals surface area contributed by atoms with Gasteiger partial charge in [-0.15, -0.1) is 0 Å². The van der Waals surface area contributed by atoms with Gasteiger partial charge in [0.25, 0.3) is 0 Å². The van der Waals surface area contributed by atoms with Gasteiger partial charge >= 0.3 is 0 Å². The summed E-state index contributed by atoms with van der Waals surface area (Å²) in [6.07, 6.45) is 0. The van der Waals surface area contributed by atoms with Gasteiger partial charge in [-0.1, -0.05) is 46.9 Å². The minimum Gasteiger partial charge on any atom is -0.377 e. The topological polar surface area (TPSA) is 12.0 Å². The molecule has 0 aliphatic heterocycles. The van der Waals surface area contributed by atoms with Gasteiger partial charge in [0.1, 0.15) is 5.82 Å². The number of anilines is 1. The zero-order chi connectivity index (χ0) is 14.9. The molecule has 20 heavy (non-hydrogen) atoms. The Labute approximate surface area is 132 Å². The van der Waals surface area contributed by atoms with E-state index in [9.17, 15) is 4.39 Å². The highest BCUT2D eigenvalue weighted by atomic mass is 35.5. The summed E-state index contributed by atoms with van der Waals surface area (Å²) in [6, 6.07) is 8.27. The molecular weight excluding hydrogens is 320 g/mol. The molecule has 0 radical (unpaired) electrons. The number of aryl methyl sites for hydroxylation is 1. The van der Waals surface area contributed by atoms with Crippen LogP contribution in [0.1, 0.15) is 24.1 Å². The lowest BCUT2D eigenvalue weighted by Gasteiger charge is -2.18. The molecule has 1 atom stereocenters. The zero-order valence-electron chi connectivity index (χ0n) is 11.0. The summed E-state index contributed by atoms with van der Waals surface area (Å²) < 4.78 is 13.6. The lowest BCUT2D eigenvalue weighted by molar-refractivity contribution is 0.614. The van der Waals surface area contributed by atoms with Crippen LogP contribution in [0.15, 0.2) is 30.3 Å². The molecule has 1 nitrogen and oxygen atoms in total. The Bertz CT molecular complexity index is 643. The molecule has 0 saturated heterocycles. The average Bonchev–Trinajstić information content (AvgIpc) is 2.39. The molecule has 1 unspecified atom stereocenters. The van der Waals surface area contributed by atoms with Gasteiger partial charge in [-0.05, 0) is 43.2 Å². The van der Waals surface area contributed by atoms with E-state index in [0.717, 1.165) is 5.56 Å². The van der Waals surface area contributed by atoms with E-state index in [1.54, 1.807) is 25.1 Å². The number of nitrogens with one attached hydrogen (secondary N) is 1. The van der Waals surface area contributed by atoms with Crippen molar-refractivity contribution in [2.45, 2.75) is 19.9 Å². The van der Waals surface area contributed by atoms with Gasteiger partial charge in [0, 0.05) is 6.04 Å². The van der Waals surface area contributed by atoms with Crippen molar-refractivity contribution in [1.82, 2.24) is 0 Å². The Kier molecular flexibility index (Phi) is 4.79. The van der Waals surface area contributed by atoms with Gasteiger partial charge in [-0.25, -0.2) is 4.39 Å². The quantitative estimate of drug-likeness (QED) is 0.653. The molecule has 106 valence electrons. The number of rotatable bonds is 3. The molecule has 0 bridgehead atoms. The summed E-state index contributed by atoms with van der Waals surface area (Å²) in [4.78, 5) is 0. The average molecular weight is 333 g/mol. The molecule has 2 aromatic carbocycles. The molecule has 0 fully saturated rings. The highest BCUT2D eigenvalue weighted by molar-refractivity contribution is 6.44. The van der Waals surface area contributed by atoms with Gasteiger partial charge < -0.3 is 5.32 Å². The van der Waals surface area contributed by atoms with Gasteiger partial charge in [0.15, 0.2) is 0 Å². The van der Waals surface area contributed by atoms with Crippen molar-refractivity contribution in [3.8, 4) is 0 Å². The molecule has 0 spiro atoms. The molecular formula is C15H13Cl3FN. The first-order valence-corrected chi connectivity index (χ1v) is 7.19. The maximum atomic E-state index is 13.6. The summed E-state index contributed by atoms with van der Waals surface area (Å²) in [7, 11) is 0. The normalized spacial score (nSPS) is 12.3. The molecule has 0 aliphatic carbocycles. The zero-order valence-corrected chi connectivity index (χ0v) is 13.2. The highest BCUT2D eigenvalue weighted by Gasteiger charge is 2.11. The predicted molar refractivity (Wildman–Crippen MR) is 84.6 cm³/mol. The van der Waals surface area contributed by atoms with Crippen LogP contribution in [-0.2, 0) is 0 Å². The van der Waals surface area contributed by atoms with Crippen molar-refractivity contribution < 1.29 is 4.39 Å². The standard InChI is InChI=1S/C15H13Cl3FN/c1-8-3-4-10(5-14(8)19)9(2)20-15-7-12(17)11(16)6-13(15)18/h3-7,9,20H,1-2H3. The van der Waals surface area contributed by atoms with Crippen LogP contribution in [0.2, 0.25) is 15.1 Å².